The molecule has 148 valence electrons. The molecule has 0 unspecified atom stereocenters. The normalized spacial score (nSPS) is 14.6. The number of hydrogen-bond donors (Lipinski definition) is 1. The van der Waals surface area contributed by atoms with Gasteiger partial charge in [-0.1, -0.05) is 0 Å². The highest BCUT2D eigenvalue weighted by Gasteiger charge is 2.36. The van der Waals surface area contributed by atoms with E-state index >= 15 is 0 Å². The number of hydrogen-bond acceptors (Lipinski definition) is 6. The molecule has 1 aliphatic rings. The van der Waals surface area contributed by atoms with E-state index in [1.165, 1.54) is 14.2 Å². The van der Waals surface area contributed by atoms with Gasteiger partial charge in [0.15, 0.2) is 17.3 Å². The summed E-state index contributed by atoms with van der Waals surface area (Å²) in [5, 5.41) is 9.97. The molecule has 3 aromatic rings. The average Bonchev–Trinajstić information content (AvgIpc) is 3.15. The number of phenolic OH excluding ortho intramolecular Hbond substituents is 1. The molecule has 7 nitrogen and oxygen atoms in total. The van der Waals surface area contributed by atoms with E-state index < -0.39 is 11.1 Å². The minimum absolute atomic E-state index is 0.142. The lowest BCUT2D eigenvalue weighted by Crippen LogP contribution is -2.07. The van der Waals surface area contributed by atoms with Crippen molar-refractivity contribution in [2.24, 2.45) is 0 Å². The van der Waals surface area contributed by atoms with Crippen LogP contribution < -0.4 is 20.6 Å². The van der Waals surface area contributed by atoms with Crippen molar-refractivity contribution in [1.82, 2.24) is 4.57 Å². The fraction of sp³-hybridized carbons (Fsp3) is 0.227. The van der Waals surface area contributed by atoms with E-state index in [1.54, 1.807) is 38.1 Å². The van der Waals surface area contributed by atoms with Crippen molar-refractivity contribution in [3.63, 3.8) is 0 Å². The van der Waals surface area contributed by atoms with Crippen LogP contribution in [0.4, 0.5) is 0 Å². The van der Waals surface area contributed by atoms with Crippen LogP contribution in [0, 0.1) is 13.8 Å². The molecular formula is C22H19NO6. The molecular weight excluding hydrogens is 374 g/mol. The predicted octanol–water partition coefficient (Wildman–Crippen LogP) is 2.24. The Balaban J connectivity index is 1.89. The average molecular weight is 393 g/mol. The van der Waals surface area contributed by atoms with Gasteiger partial charge in [0.2, 0.25) is 0 Å². The monoisotopic (exact) mass is 393 g/mol. The van der Waals surface area contributed by atoms with Crippen LogP contribution in [-0.4, -0.2) is 29.7 Å². The van der Waals surface area contributed by atoms with Crippen LogP contribution in [-0.2, 0) is 6.42 Å². The number of aromatic nitrogens is 1. The molecule has 0 saturated heterocycles. The Morgan fingerprint density at radius 2 is 1.62 bits per heavy atom. The lowest BCUT2D eigenvalue weighted by Gasteiger charge is -2.14. The van der Waals surface area contributed by atoms with Crippen molar-refractivity contribution in [1.29, 1.82) is 0 Å². The second-order valence-electron chi connectivity index (χ2n) is 7.12. The van der Waals surface area contributed by atoms with Gasteiger partial charge in [0, 0.05) is 12.0 Å². The zero-order valence-corrected chi connectivity index (χ0v) is 16.5. The maximum absolute atomic E-state index is 13.2. The number of allylic oxidation sites excluding steroid dienone is 1. The van der Waals surface area contributed by atoms with Crippen molar-refractivity contribution >= 4 is 11.9 Å². The van der Waals surface area contributed by atoms with Gasteiger partial charge in [-0.3, -0.25) is 14.4 Å². The first-order valence-electron chi connectivity index (χ1n) is 9.00. The Morgan fingerprint density at radius 3 is 2.14 bits per heavy atom. The standard InChI is InChI=1S/C22H19NO6/c1-10-5-12(6-11(2)18(10)24)7-14-8-13-9-15(28-3)20(29-4)17(16(13)19(14)25)23-21(26)22(23)27/h5-7,9,24H,8H2,1-4H3/b14-7+. The van der Waals surface area contributed by atoms with Crippen LogP contribution in [0.15, 0.2) is 33.4 Å². The Hall–Kier alpha value is -3.61. The number of methoxy groups -OCH3 is 2. The molecule has 0 bridgehead atoms. The van der Waals surface area contributed by atoms with Crippen molar-refractivity contribution in [2.45, 2.75) is 20.3 Å². The third-order valence-corrected chi connectivity index (χ3v) is 5.24. The highest BCUT2D eigenvalue weighted by molar-refractivity contribution is 6.18. The number of carbonyl (C=O) groups excluding carboxylic acids is 1. The van der Waals surface area contributed by atoms with Crippen LogP contribution in [0.25, 0.3) is 11.8 Å². The summed E-state index contributed by atoms with van der Waals surface area (Å²) in [4.78, 5) is 36.8. The smallest absolute Gasteiger partial charge is 0.324 e. The van der Waals surface area contributed by atoms with Crippen molar-refractivity contribution in [3.8, 4) is 22.9 Å². The van der Waals surface area contributed by atoms with E-state index in [-0.39, 0.29) is 28.5 Å². The van der Waals surface area contributed by atoms with E-state index in [9.17, 15) is 19.5 Å². The van der Waals surface area contributed by atoms with Gasteiger partial charge in [-0.05, 0) is 60.4 Å². The summed E-state index contributed by atoms with van der Waals surface area (Å²) in [6.45, 7) is 3.59. The number of ketones is 1. The Labute approximate surface area is 166 Å². The molecule has 0 amide bonds. The maximum atomic E-state index is 13.2. The van der Waals surface area contributed by atoms with Crippen LogP contribution in [0.1, 0.15) is 32.6 Å². The highest BCUT2D eigenvalue weighted by atomic mass is 16.5. The first-order chi connectivity index (χ1) is 13.8. The van der Waals surface area contributed by atoms with Crippen molar-refractivity contribution in [3.05, 3.63) is 72.3 Å². The predicted molar refractivity (Wildman–Crippen MR) is 107 cm³/mol. The number of fused-ring (bicyclic) bond motifs is 1. The SMILES string of the molecule is COc1cc2c(c(-n3c(=O)c3=O)c1OC)C(=O)/C(=C/c1cc(C)c(O)c(C)c1)C2. The number of aryl methyl sites for hydroxylation is 2. The number of rotatable bonds is 4. The Morgan fingerprint density at radius 1 is 1.00 bits per heavy atom. The molecule has 4 rings (SSSR count). The molecule has 0 atom stereocenters. The molecule has 0 radical (unpaired) electrons. The van der Waals surface area contributed by atoms with Gasteiger partial charge >= 0.3 is 11.1 Å². The Bertz CT molecular complexity index is 1240. The minimum Gasteiger partial charge on any atom is -0.507 e. The molecule has 1 heterocycles. The summed E-state index contributed by atoms with van der Waals surface area (Å²) < 4.78 is 11.7. The van der Waals surface area contributed by atoms with E-state index in [4.69, 9.17) is 9.47 Å². The van der Waals surface area contributed by atoms with E-state index in [2.05, 4.69) is 0 Å². The molecule has 1 aromatic heterocycles. The van der Waals surface area contributed by atoms with Gasteiger partial charge in [-0.2, -0.15) is 0 Å². The second-order valence-corrected chi connectivity index (χ2v) is 7.12. The first-order valence-corrected chi connectivity index (χ1v) is 9.00. The molecule has 0 spiro atoms. The summed E-state index contributed by atoms with van der Waals surface area (Å²) in [5.41, 5.74) is 2.43. The third kappa shape index (κ3) is 2.77. The largest absolute Gasteiger partial charge is 0.507 e. The topological polar surface area (TPSA) is 94.8 Å². The fourth-order valence-corrected chi connectivity index (χ4v) is 3.81. The van der Waals surface area contributed by atoms with Gasteiger partial charge in [-0.15, -0.1) is 0 Å². The van der Waals surface area contributed by atoms with Gasteiger partial charge in [0.05, 0.1) is 19.8 Å². The van der Waals surface area contributed by atoms with Crippen LogP contribution in [0.3, 0.4) is 0 Å². The van der Waals surface area contributed by atoms with E-state index in [0.29, 0.717) is 34.4 Å². The van der Waals surface area contributed by atoms with Crippen LogP contribution >= 0.6 is 0 Å². The zero-order chi connectivity index (χ0) is 21.0. The van der Waals surface area contributed by atoms with Crippen molar-refractivity contribution in [2.75, 3.05) is 14.2 Å². The third-order valence-electron chi connectivity index (χ3n) is 5.24. The quantitative estimate of drug-likeness (QED) is 0.540. The number of benzene rings is 2. The second kappa shape index (κ2) is 6.48. The van der Waals surface area contributed by atoms with Crippen LogP contribution in [0.5, 0.6) is 17.2 Å². The number of carbonyl (C=O) groups is 1. The number of nitrogens with zero attached hydrogens (tertiary/aromatic N) is 1. The molecule has 0 fully saturated rings. The summed E-state index contributed by atoms with van der Waals surface area (Å²) >= 11 is 0. The zero-order valence-electron chi connectivity index (χ0n) is 16.5. The van der Waals surface area contributed by atoms with Gasteiger partial charge in [-0.25, -0.2) is 4.57 Å². The summed E-state index contributed by atoms with van der Waals surface area (Å²) in [6, 6.07) is 5.29. The van der Waals surface area contributed by atoms with Gasteiger partial charge in [0.25, 0.3) is 0 Å². The van der Waals surface area contributed by atoms with E-state index in [1.807, 2.05) is 0 Å². The minimum atomic E-state index is -0.686. The number of Topliss-reactive ketones (excluding diaryl/α,β-unsaturated/α-hetero) is 1. The summed E-state index contributed by atoms with van der Waals surface area (Å²) in [7, 11) is 2.85. The molecule has 2 aromatic carbocycles. The molecule has 0 aliphatic heterocycles. The molecule has 1 N–H and O–H groups in total. The molecule has 29 heavy (non-hydrogen) atoms. The molecule has 1 aliphatic carbocycles. The van der Waals surface area contributed by atoms with Gasteiger partial charge in [0.1, 0.15) is 11.4 Å². The first kappa shape index (κ1) is 18.7. The summed E-state index contributed by atoms with van der Waals surface area (Å²) in [5.74, 6) is 0.478. The van der Waals surface area contributed by atoms with Crippen molar-refractivity contribution < 1.29 is 19.4 Å². The lowest BCUT2D eigenvalue weighted by molar-refractivity contribution is 0.104. The number of ether oxygens (including phenoxy) is 2. The maximum Gasteiger partial charge on any atom is 0.324 e. The fourth-order valence-electron chi connectivity index (χ4n) is 3.81. The molecule has 0 saturated carbocycles. The number of phenols is 1. The number of aromatic hydroxyl groups is 1. The lowest BCUT2D eigenvalue weighted by atomic mass is 10.0. The van der Waals surface area contributed by atoms with E-state index in [0.717, 1.165) is 10.1 Å². The molecule has 7 heteroatoms. The Kier molecular flexibility index (Phi) is 4.19. The van der Waals surface area contributed by atoms with Crippen LogP contribution in [0.2, 0.25) is 0 Å². The highest BCUT2D eigenvalue weighted by Crippen LogP contribution is 2.43. The van der Waals surface area contributed by atoms with Gasteiger partial charge < -0.3 is 14.6 Å². The summed E-state index contributed by atoms with van der Waals surface area (Å²) in [6.07, 6.45) is 2.09.